The zero-order valence-electron chi connectivity index (χ0n) is 10.4. The van der Waals surface area contributed by atoms with Gasteiger partial charge in [-0.2, -0.15) is 0 Å². The minimum Gasteiger partial charge on any atom is -0.294 e. The molecular weight excluding hydrogens is 248 g/mol. The molecule has 2 aromatic rings. The van der Waals surface area contributed by atoms with E-state index in [1.165, 1.54) is 40.6 Å². The average molecular weight is 266 g/mol. The van der Waals surface area contributed by atoms with Crippen molar-refractivity contribution in [2.24, 2.45) is 0 Å². The number of fused-ring (bicyclic) bond motifs is 1. The van der Waals surface area contributed by atoms with E-state index in [1.54, 1.807) is 29.6 Å². The normalized spacial score (nSPS) is 11.2. The summed E-state index contributed by atoms with van der Waals surface area (Å²) < 4.78 is 2.63. The quantitative estimate of drug-likeness (QED) is 0.513. The first kappa shape index (κ1) is 12.8. The Morgan fingerprint density at radius 1 is 1.29 bits per heavy atom. The van der Waals surface area contributed by atoms with E-state index in [4.69, 9.17) is 0 Å². The van der Waals surface area contributed by atoms with Crippen LogP contribution < -0.4 is 0 Å². The Labute approximate surface area is 110 Å². The maximum Gasteiger partial charge on any atom is 0.169 e. The minimum absolute atomic E-state index is 0.190. The Kier molecular flexibility index (Phi) is 4.35. The SMILES string of the molecule is CCCCCCc1csc2cc(C(C)=O)sc12. The van der Waals surface area contributed by atoms with Crippen LogP contribution in [0.25, 0.3) is 9.40 Å². The van der Waals surface area contributed by atoms with Crippen molar-refractivity contribution >= 4 is 37.9 Å². The molecule has 0 N–H and O–H groups in total. The van der Waals surface area contributed by atoms with Crippen LogP contribution in [0.4, 0.5) is 0 Å². The van der Waals surface area contributed by atoms with Crippen molar-refractivity contribution in [3.63, 3.8) is 0 Å². The summed E-state index contributed by atoms with van der Waals surface area (Å²) in [5, 5.41) is 2.26. The Hall–Kier alpha value is -0.670. The Bertz CT molecular complexity index is 507. The monoisotopic (exact) mass is 266 g/mol. The molecule has 0 bridgehead atoms. The molecule has 0 aliphatic rings. The van der Waals surface area contributed by atoms with Crippen LogP contribution in [0.1, 0.15) is 54.8 Å². The van der Waals surface area contributed by atoms with Gasteiger partial charge in [0, 0.05) is 9.40 Å². The highest BCUT2D eigenvalue weighted by Crippen LogP contribution is 2.35. The predicted molar refractivity (Wildman–Crippen MR) is 77.6 cm³/mol. The van der Waals surface area contributed by atoms with Gasteiger partial charge in [0.2, 0.25) is 0 Å². The third-order valence-electron chi connectivity index (χ3n) is 2.96. The van der Waals surface area contributed by atoms with Gasteiger partial charge >= 0.3 is 0 Å². The molecular formula is C14H18OS2. The molecule has 0 amide bonds. The van der Waals surface area contributed by atoms with Gasteiger partial charge in [0.15, 0.2) is 5.78 Å². The number of unbranched alkanes of at least 4 members (excludes halogenated alkanes) is 3. The fraction of sp³-hybridized carbons (Fsp3) is 0.500. The summed E-state index contributed by atoms with van der Waals surface area (Å²) in [6.45, 7) is 3.89. The molecule has 0 aliphatic heterocycles. The van der Waals surface area contributed by atoms with Gasteiger partial charge in [-0.25, -0.2) is 0 Å². The van der Waals surface area contributed by atoms with E-state index in [0.29, 0.717) is 0 Å². The van der Waals surface area contributed by atoms with Crippen molar-refractivity contribution in [1.29, 1.82) is 0 Å². The average Bonchev–Trinajstić information content (AvgIpc) is 2.85. The lowest BCUT2D eigenvalue weighted by molar-refractivity contribution is 0.102. The standard InChI is InChI=1S/C14H18OS2/c1-3-4-5-6-7-11-9-16-13-8-12(10(2)15)17-14(11)13/h8-9H,3-7H2,1-2H3. The molecule has 2 rings (SSSR count). The topological polar surface area (TPSA) is 17.1 Å². The number of carbonyl (C=O) groups excluding carboxylic acids is 1. The van der Waals surface area contributed by atoms with Crippen LogP contribution >= 0.6 is 22.7 Å². The first-order chi connectivity index (χ1) is 8.22. The molecule has 1 nitrogen and oxygen atoms in total. The van der Waals surface area contributed by atoms with Crippen molar-refractivity contribution in [3.05, 3.63) is 21.9 Å². The van der Waals surface area contributed by atoms with Crippen LogP contribution in [0, 0.1) is 0 Å². The molecule has 0 saturated carbocycles. The lowest BCUT2D eigenvalue weighted by Crippen LogP contribution is -1.84. The summed E-state index contributed by atoms with van der Waals surface area (Å²) in [7, 11) is 0. The van der Waals surface area contributed by atoms with E-state index in [-0.39, 0.29) is 5.78 Å². The van der Waals surface area contributed by atoms with E-state index < -0.39 is 0 Å². The minimum atomic E-state index is 0.190. The van der Waals surface area contributed by atoms with E-state index in [1.807, 2.05) is 6.07 Å². The largest absolute Gasteiger partial charge is 0.294 e. The van der Waals surface area contributed by atoms with Crippen LogP contribution in [-0.2, 0) is 6.42 Å². The Morgan fingerprint density at radius 2 is 2.12 bits per heavy atom. The van der Waals surface area contributed by atoms with Gasteiger partial charge in [-0.15, -0.1) is 22.7 Å². The van der Waals surface area contributed by atoms with E-state index in [9.17, 15) is 4.79 Å². The van der Waals surface area contributed by atoms with Gasteiger partial charge in [-0.3, -0.25) is 4.79 Å². The number of carbonyl (C=O) groups is 1. The lowest BCUT2D eigenvalue weighted by atomic mass is 10.1. The second-order valence-corrected chi connectivity index (χ2v) is 6.40. The third kappa shape index (κ3) is 2.96. The summed E-state index contributed by atoms with van der Waals surface area (Å²) >= 11 is 3.44. The van der Waals surface area contributed by atoms with Gasteiger partial charge < -0.3 is 0 Å². The highest BCUT2D eigenvalue weighted by Gasteiger charge is 2.10. The Morgan fingerprint density at radius 3 is 2.82 bits per heavy atom. The smallest absolute Gasteiger partial charge is 0.169 e. The molecule has 17 heavy (non-hydrogen) atoms. The number of thiophene rings is 2. The van der Waals surface area contributed by atoms with E-state index >= 15 is 0 Å². The number of aryl methyl sites for hydroxylation is 1. The zero-order valence-corrected chi connectivity index (χ0v) is 12.0. The number of ketones is 1. The van der Waals surface area contributed by atoms with Crippen molar-refractivity contribution in [3.8, 4) is 0 Å². The molecule has 0 saturated heterocycles. The van der Waals surface area contributed by atoms with E-state index in [0.717, 1.165) is 11.3 Å². The molecule has 92 valence electrons. The highest BCUT2D eigenvalue weighted by molar-refractivity contribution is 7.28. The molecule has 0 fully saturated rings. The lowest BCUT2D eigenvalue weighted by Gasteiger charge is -1.97. The van der Waals surface area contributed by atoms with Crippen molar-refractivity contribution < 1.29 is 4.79 Å². The van der Waals surface area contributed by atoms with Gasteiger partial charge in [0.05, 0.1) is 4.88 Å². The first-order valence-electron chi connectivity index (χ1n) is 6.23. The molecule has 2 heterocycles. The van der Waals surface area contributed by atoms with Gasteiger partial charge in [-0.05, 0) is 36.8 Å². The van der Waals surface area contributed by atoms with Gasteiger partial charge in [-0.1, -0.05) is 26.2 Å². The maximum absolute atomic E-state index is 11.3. The molecule has 0 spiro atoms. The van der Waals surface area contributed by atoms with Crippen molar-refractivity contribution in [2.45, 2.75) is 46.0 Å². The van der Waals surface area contributed by atoms with Crippen LogP contribution in [0.15, 0.2) is 11.4 Å². The number of hydrogen-bond acceptors (Lipinski definition) is 3. The molecule has 0 aromatic carbocycles. The van der Waals surface area contributed by atoms with Crippen LogP contribution in [0.3, 0.4) is 0 Å². The fourth-order valence-electron chi connectivity index (χ4n) is 1.96. The summed E-state index contributed by atoms with van der Waals surface area (Å²) in [5.41, 5.74) is 1.44. The molecule has 0 radical (unpaired) electrons. The number of Topliss-reactive ketones (excluding diaryl/α,β-unsaturated/α-hetero) is 1. The molecule has 0 atom stereocenters. The highest BCUT2D eigenvalue weighted by atomic mass is 32.1. The third-order valence-corrected chi connectivity index (χ3v) is 5.38. The second-order valence-electron chi connectivity index (χ2n) is 4.43. The predicted octanol–water partition coefficient (Wildman–Crippen LogP) is 5.29. The molecule has 3 heteroatoms. The van der Waals surface area contributed by atoms with Gasteiger partial charge in [0.1, 0.15) is 0 Å². The summed E-state index contributed by atoms with van der Waals surface area (Å²) in [5.74, 6) is 0.190. The first-order valence-corrected chi connectivity index (χ1v) is 7.93. The second kappa shape index (κ2) is 5.78. The molecule has 0 unspecified atom stereocenters. The summed E-state index contributed by atoms with van der Waals surface area (Å²) in [6, 6.07) is 2.04. The zero-order chi connectivity index (χ0) is 12.3. The van der Waals surface area contributed by atoms with Crippen LogP contribution in [0.2, 0.25) is 0 Å². The van der Waals surface area contributed by atoms with Crippen LogP contribution in [-0.4, -0.2) is 5.78 Å². The summed E-state index contributed by atoms with van der Waals surface area (Å²) in [4.78, 5) is 12.2. The van der Waals surface area contributed by atoms with Crippen molar-refractivity contribution in [2.75, 3.05) is 0 Å². The van der Waals surface area contributed by atoms with Crippen LogP contribution in [0.5, 0.6) is 0 Å². The van der Waals surface area contributed by atoms with E-state index in [2.05, 4.69) is 12.3 Å². The number of rotatable bonds is 6. The maximum atomic E-state index is 11.3. The number of hydrogen-bond donors (Lipinski definition) is 0. The van der Waals surface area contributed by atoms with Gasteiger partial charge in [0.25, 0.3) is 0 Å². The fourth-order valence-corrected chi connectivity index (χ4v) is 4.30. The molecule has 2 aromatic heterocycles. The Balaban J connectivity index is 2.09. The van der Waals surface area contributed by atoms with Crippen molar-refractivity contribution in [1.82, 2.24) is 0 Å². The summed E-state index contributed by atoms with van der Waals surface area (Å²) in [6.07, 6.45) is 6.37. The molecule has 0 aliphatic carbocycles.